The molecule has 0 aromatic carbocycles. The third-order valence-electron chi connectivity index (χ3n) is 2.79. The molecule has 2 heterocycles. The van der Waals surface area contributed by atoms with Gasteiger partial charge < -0.3 is 9.78 Å². The van der Waals surface area contributed by atoms with Crippen LogP contribution in [0.5, 0.6) is 0 Å². The minimum absolute atomic E-state index is 0. The summed E-state index contributed by atoms with van der Waals surface area (Å²) in [7, 11) is 0. The quantitative estimate of drug-likeness (QED) is 0.396. The molecule has 0 saturated carbocycles. The number of carbonyl (C=O) groups is 2. The Morgan fingerprint density at radius 3 is 2.48 bits per heavy atom. The smallest absolute Gasteiger partial charge is 0.249 e. The number of hydrogen-bond acceptors (Lipinski definition) is 3. The minimum Gasteiger partial charge on any atom is -0.349 e. The Labute approximate surface area is 152 Å². The number of aryl methyl sites for hydroxylation is 1. The van der Waals surface area contributed by atoms with E-state index in [1.807, 2.05) is 39.8 Å². The SMILES string of the molecule is C#CC.C/C=C\c1c(C)[c-]nn1C1CCC(=O)NC1=O.CC.[Re]. The first-order chi connectivity index (χ1) is 10.5. The molecule has 6 heteroatoms. The summed E-state index contributed by atoms with van der Waals surface area (Å²) in [5.74, 6) is 1.75. The molecule has 5 nitrogen and oxygen atoms in total. The Morgan fingerprint density at radius 1 is 1.43 bits per heavy atom. The van der Waals surface area contributed by atoms with Gasteiger partial charge in [0.25, 0.3) is 0 Å². The Morgan fingerprint density at radius 2 is 2.00 bits per heavy atom. The number of imide groups is 1. The van der Waals surface area contributed by atoms with Gasteiger partial charge in [-0.1, -0.05) is 26.5 Å². The first kappa shape index (κ1) is 23.6. The topological polar surface area (TPSA) is 64.0 Å². The second-order valence-corrected chi connectivity index (χ2v) is 4.32. The first-order valence-corrected chi connectivity index (χ1v) is 7.35. The summed E-state index contributed by atoms with van der Waals surface area (Å²) < 4.78 is 1.64. The molecule has 0 spiro atoms. The van der Waals surface area contributed by atoms with Gasteiger partial charge in [-0.15, -0.1) is 30.7 Å². The van der Waals surface area contributed by atoms with Crippen molar-refractivity contribution >= 4 is 17.9 Å². The molecule has 1 atom stereocenters. The zero-order valence-corrected chi connectivity index (χ0v) is 17.0. The van der Waals surface area contributed by atoms with Crippen molar-refractivity contribution in [1.82, 2.24) is 15.1 Å². The van der Waals surface area contributed by atoms with Crippen LogP contribution in [-0.2, 0) is 30.0 Å². The average Bonchev–Trinajstić information content (AvgIpc) is 2.84. The fourth-order valence-corrected chi connectivity index (χ4v) is 1.92. The van der Waals surface area contributed by atoms with E-state index in [2.05, 4.69) is 29.0 Å². The van der Waals surface area contributed by atoms with Crippen LogP contribution < -0.4 is 5.32 Å². The van der Waals surface area contributed by atoms with E-state index in [0.29, 0.717) is 12.8 Å². The van der Waals surface area contributed by atoms with Gasteiger partial charge in [0.15, 0.2) is 0 Å². The van der Waals surface area contributed by atoms with Crippen LogP contribution in [0.15, 0.2) is 6.08 Å². The van der Waals surface area contributed by atoms with Gasteiger partial charge in [0, 0.05) is 26.8 Å². The molecule has 127 valence electrons. The van der Waals surface area contributed by atoms with E-state index in [4.69, 9.17) is 0 Å². The van der Waals surface area contributed by atoms with Crippen molar-refractivity contribution in [3.63, 3.8) is 0 Å². The van der Waals surface area contributed by atoms with Gasteiger partial charge in [-0.2, -0.15) is 5.56 Å². The van der Waals surface area contributed by atoms with Crippen molar-refractivity contribution in [2.45, 2.75) is 53.5 Å². The molecule has 1 saturated heterocycles. The number of nitrogens with zero attached hydrogens (tertiary/aromatic N) is 2. The molecule has 1 aliphatic heterocycles. The van der Waals surface area contributed by atoms with E-state index in [9.17, 15) is 9.59 Å². The van der Waals surface area contributed by atoms with Crippen LogP contribution in [0.2, 0.25) is 0 Å². The van der Waals surface area contributed by atoms with E-state index in [0.717, 1.165) is 11.3 Å². The summed E-state index contributed by atoms with van der Waals surface area (Å²) in [5, 5.41) is 6.43. The number of aromatic nitrogens is 2. The van der Waals surface area contributed by atoms with E-state index in [1.165, 1.54) is 0 Å². The maximum absolute atomic E-state index is 11.7. The van der Waals surface area contributed by atoms with Crippen molar-refractivity contribution in [3.8, 4) is 12.3 Å². The molecule has 1 fully saturated rings. The van der Waals surface area contributed by atoms with Crippen LogP contribution in [0, 0.1) is 25.5 Å². The van der Waals surface area contributed by atoms with E-state index < -0.39 is 6.04 Å². The number of hydrogen-bond donors (Lipinski definition) is 1. The van der Waals surface area contributed by atoms with Gasteiger partial charge >= 0.3 is 0 Å². The van der Waals surface area contributed by atoms with Gasteiger partial charge in [0.1, 0.15) is 6.04 Å². The molecular weight excluding hydrogens is 464 g/mol. The third kappa shape index (κ3) is 6.95. The summed E-state index contributed by atoms with van der Waals surface area (Å²) in [5.41, 5.74) is 1.76. The fourth-order valence-electron chi connectivity index (χ4n) is 1.92. The van der Waals surface area contributed by atoms with Gasteiger partial charge in [-0.25, -0.2) is 0 Å². The predicted octanol–water partition coefficient (Wildman–Crippen LogP) is 2.67. The number of amides is 2. The minimum atomic E-state index is -0.413. The molecule has 23 heavy (non-hydrogen) atoms. The summed E-state index contributed by atoms with van der Waals surface area (Å²) in [6.45, 7) is 9.45. The van der Waals surface area contributed by atoms with Crippen LogP contribution in [-0.4, -0.2) is 21.6 Å². The molecule has 1 N–H and O–H groups in total. The number of carbonyl (C=O) groups excluding carboxylic acids is 2. The average molecular weight is 489 g/mol. The van der Waals surface area contributed by atoms with Crippen LogP contribution in [0.1, 0.15) is 57.8 Å². The number of rotatable bonds is 2. The summed E-state index contributed by atoms with van der Waals surface area (Å²) in [4.78, 5) is 22.8. The molecule has 2 amide bonds. The van der Waals surface area contributed by atoms with Crippen molar-refractivity contribution < 1.29 is 30.0 Å². The summed E-state index contributed by atoms with van der Waals surface area (Å²) >= 11 is 0. The molecule has 2 rings (SSSR count). The standard InChI is InChI=1S/C12H14N3O2.C3H4.C2H6.Re/c1-3-4-9-8(2)7-13-15(9)10-5-6-11(16)14-12(10)17;1-3-2;1-2;/h3-4,10H,5-6H2,1-2H3,(H,14,16,17);1H,2H3;1-2H3;/q-1;;;/b4-3-;;;. The fraction of sp³-hybridized carbons (Fsp3) is 0.471. The van der Waals surface area contributed by atoms with Gasteiger partial charge in [-0.3, -0.25) is 14.9 Å². The Kier molecular flexibility index (Phi) is 13.1. The molecule has 1 aliphatic rings. The Balaban J connectivity index is 0. The predicted molar refractivity (Wildman–Crippen MR) is 87.8 cm³/mol. The van der Waals surface area contributed by atoms with Crippen molar-refractivity contribution in [1.29, 1.82) is 0 Å². The molecule has 1 aromatic heterocycles. The van der Waals surface area contributed by atoms with Crippen molar-refractivity contribution in [2.24, 2.45) is 0 Å². The third-order valence-corrected chi connectivity index (χ3v) is 2.79. The second kappa shape index (κ2) is 12.8. The van der Waals surface area contributed by atoms with Crippen LogP contribution >= 0.6 is 0 Å². The molecule has 1 radical (unpaired) electrons. The number of allylic oxidation sites excluding steroid dienone is 1. The van der Waals surface area contributed by atoms with E-state index in [1.54, 1.807) is 11.6 Å². The molecule has 1 aromatic rings. The number of nitrogens with one attached hydrogen (secondary N) is 1. The van der Waals surface area contributed by atoms with Gasteiger partial charge in [-0.05, 0) is 20.3 Å². The van der Waals surface area contributed by atoms with Crippen LogP contribution in [0.25, 0.3) is 6.08 Å². The molecule has 1 unspecified atom stereocenters. The van der Waals surface area contributed by atoms with Crippen molar-refractivity contribution in [2.75, 3.05) is 0 Å². The number of terminal acetylenes is 1. The zero-order chi connectivity index (χ0) is 17.1. The monoisotopic (exact) mass is 489 g/mol. The van der Waals surface area contributed by atoms with Crippen molar-refractivity contribution in [3.05, 3.63) is 23.5 Å². The Bertz CT molecular complexity index is 571. The largest absolute Gasteiger partial charge is 0.349 e. The van der Waals surface area contributed by atoms with E-state index >= 15 is 0 Å². The Hall–Kier alpha value is -1.69. The molecular formula is C17H24N3O2Re-. The van der Waals surface area contributed by atoms with Crippen LogP contribution in [0.3, 0.4) is 0 Å². The zero-order valence-electron chi connectivity index (χ0n) is 14.3. The second-order valence-electron chi connectivity index (χ2n) is 4.32. The van der Waals surface area contributed by atoms with Crippen LogP contribution in [0.4, 0.5) is 0 Å². The molecule has 0 bridgehead atoms. The number of piperidine rings is 1. The molecule has 0 aliphatic carbocycles. The van der Waals surface area contributed by atoms with E-state index in [-0.39, 0.29) is 32.2 Å². The summed E-state index contributed by atoms with van der Waals surface area (Å²) in [6.07, 6.45) is 12.1. The van der Waals surface area contributed by atoms with Gasteiger partial charge in [0.05, 0.1) is 0 Å². The van der Waals surface area contributed by atoms with Gasteiger partial charge in [0.2, 0.25) is 11.8 Å². The maximum Gasteiger partial charge on any atom is 0.249 e. The first-order valence-electron chi connectivity index (χ1n) is 7.35. The normalized spacial score (nSPS) is 16.1. The summed E-state index contributed by atoms with van der Waals surface area (Å²) in [6, 6.07) is -0.413. The maximum atomic E-state index is 11.7.